The molecule has 3 aliphatic carbocycles. The fraction of sp³-hybridized carbons (Fsp3) is 1.00. The van der Waals surface area contributed by atoms with Gasteiger partial charge in [0, 0.05) is 0 Å². The Bertz CT molecular complexity index is 334. The first-order valence-electron chi connectivity index (χ1n) is 7.18. The monoisotopic (exact) mass is 238 g/mol. The number of fused-ring (bicyclic) bond motifs is 3. The highest BCUT2D eigenvalue weighted by Gasteiger charge is 2.68. The van der Waals surface area contributed by atoms with Gasteiger partial charge >= 0.3 is 0 Å². The van der Waals surface area contributed by atoms with Crippen molar-refractivity contribution in [1.82, 2.24) is 0 Å². The number of rotatable bonds is 0. The molecule has 0 radical (unpaired) electrons. The van der Waals surface area contributed by atoms with Crippen molar-refractivity contribution in [3.63, 3.8) is 0 Å². The van der Waals surface area contributed by atoms with Gasteiger partial charge < -0.3 is 10.2 Å². The van der Waals surface area contributed by atoms with Crippen LogP contribution in [0.4, 0.5) is 0 Å². The standard InChI is InChI=1S/C15H26O2/c1-8-5-6-9-12(8)13-10(14(13,2)3)7-11(16)15(9,4)17/h8-13,16-17H,5-7H2,1-4H3/t8-,9-,10-,11+,12-,13-,15+/m1/s1. The smallest absolute Gasteiger partial charge is 0.0908 e. The molecule has 0 aliphatic heterocycles. The Morgan fingerprint density at radius 1 is 1.06 bits per heavy atom. The second-order valence-corrected chi connectivity index (χ2v) is 7.67. The minimum Gasteiger partial charge on any atom is -0.390 e. The quantitative estimate of drug-likeness (QED) is 0.680. The van der Waals surface area contributed by atoms with Crippen LogP contribution >= 0.6 is 0 Å². The molecule has 0 saturated heterocycles. The molecule has 7 atom stereocenters. The first-order chi connectivity index (χ1) is 7.78. The van der Waals surface area contributed by atoms with E-state index in [-0.39, 0.29) is 0 Å². The lowest BCUT2D eigenvalue weighted by Gasteiger charge is -2.38. The normalized spacial score (nSPS) is 60.4. The summed E-state index contributed by atoms with van der Waals surface area (Å²) in [6, 6.07) is 0. The molecule has 0 aromatic carbocycles. The van der Waals surface area contributed by atoms with Crippen molar-refractivity contribution in [2.24, 2.45) is 35.0 Å². The third-order valence-electron chi connectivity index (χ3n) is 6.51. The Hall–Kier alpha value is -0.0800. The lowest BCUT2D eigenvalue weighted by molar-refractivity contribution is -0.113. The van der Waals surface area contributed by atoms with Crippen molar-refractivity contribution in [3.05, 3.63) is 0 Å². The van der Waals surface area contributed by atoms with Crippen molar-refractivity contribution in [3.8, 4) is 0 Å². The molecule has 2 heteroatoms. The highest BCUT2D eigenvalue weighted by molar-refractivity contribution is 5.16. The summed E-state index contributed by atoms with van der Waals surface area (Å²) in [5.41, 5.74) is -0.474. The van der Waals surface area contributed by atoms with Gasteiger partial charge in [-0.15, -0.1) is 0 Å². The fourth-order valence-corrected chi connectivity index (χ4v) is 5.24. The number of hydrogen-bond donors (Lipinski definition) is 2. The van der Waals surface area contributed by atoms with Crippen LogP contribution in [-0.2, 0) is 0 Å². The van der Waals surface area contributed by atoms with Crippen LogP contribution < -0.4 is 0 Å². The van der Waals surface area contributed by atoms with Gasteiger partial charge in [-0.1, -0.05) is 27.2 Å². The van der Waals surface area contributed by atoms with Crippen LogP contribution in [0.15, 0.2) is 0 Å². The van der Waals surface area contributed by atoms with Crippen LogP contribution in [0.3, 0.4) is 0 Å². The maximum atomic E-state index is 10.7. The van der Waals surface area contributed by atoms with E-state index in [1.165, 1.54) is 6.42 Å². The van der Waals surface area contributed by atoms with Crippen LogP contribution in [-0.4, -0.2) is 21.9 Å². The second kappa shape index (κ2) is 3.27. The Balaban J connectivity index is 1.98. The minimum absolute atomic E-state index is 0.310. The van der Waals surface area contributed by atoms with Crippen molar-refractivity contribution in [2.45, 2.75) is 58.7 Å². The summed E-state index contributed by atoms with van der Waals surface area (Å²) in [7, 11) is 0. The predicted octanol–water partition coefficient (Wildman–Crippen LogP) is 2.44. The maximum absolute atomic E-state index is 10.7. The summed E-state index contributed by atoms with van der Waals surface area (Å²) in [6.45, 7) is 8.89. The lowest BCUT2D eigenvalue weighted by Crippen LogP contribution is -2.47. The zero-order valence-corrected chi connectivity index (χ0v) is 11.5. The molecule has 2 nitrogen and oxygen atoms in total. The molecule has 0 heterocycles. The van der Waals surface area contributed by atoms with E-state index in [0.717, 1.165) is 18.8 Å². The Morgan fingerprint density at radius 2 is 1.71 bits per heavy atom. The molecule has 0 aromatic heterocycles. The van der Waals surface area contributed by atoms with Crippen molar-refractivity contribution in [1.29, 1.82) is 0 Å². The van der Waals surface area contributed by atoms with Crippen molar-refractivity contribution in [2.75, 3.05) is 0 Å². The lowest BCUT2D eigenvalue weighted by atomic mass is 9.73. The molecule has 3 saturated carbocycles. The molecule has 2 N–H and O–H groups in total. The first kappa shape index (κ1) is 12.0. The average Bonchev–Trinajstić information content (AvgIpc) is 2.58. The van der Waals surface area contributed by atoms with Crippen molar-refractivity contribution >= 4 is 0 Å². The maximum Gasteiger partial charge on any atom is 0.0908 e. The number of hydrogen-bond acceptors (Lipinski definition) is 2. The van der Waals surface area contributed by atoms with E-state index in [1.807, 2.05) is 6.92 Å². The summed E-state index contributed by atoms with van der Waals surface area (Å²) >= 11 is 0. The van der Waals surface area contributed by atoms with E-state index in [9.17, 15) is 10.2 Å². The number of aliphatic hydroxyl groups is 2. The van der Waals surface area contributed by atoms with E-state index in [2.05, 4.69) is 20.8 Å². The van der Waals surface area contributed by atoms with Crippen LogP contribution in [0.25, 0.3) is 0 Å². The molecule has 17 heavy (non-hydrogen) atoms. The molecular weight excluding hydrogens is 212 g/mol. The average molecular weight is 238 g/mol. The van der Waals surface area contributed by atoms with E-state index in [0.29, 0.717) is 29.1 Å². The van der Waals surface area contributed by atoms with Gasteiger partial charge in [0.05, 0.1) is 11.7 Å². The topological polar surface area (TPSA) is 40.5 Å². The third kappa shape index (κ3) is 1.40. The Morgan fingerprint density at radius 3 is 2.35 bits per heavy atom. The molecule has 0 spiro atoms. The van der Waals surface area contributed by atoms with E-state index < -0.39 is 11.7 Å². The summed E-state index contributed by atoms with van der Waals surface area (Å²) in [5.74, 6) is 3.01. The fourth-order valence-electron chi connectivity index (χ4n) is 5.24. The molecule has 3 rings (SSSR count). The van der Waals surface area contributed by atoms with E-state index in [4.69, 9.17) is 0 Å². The SMILES string of the molecule is C[C@@H]1CC[C@@H]2[C@@H]1[C@H]1[C@@H](C[C@H](O)[C@@]2(C)O)C1(C)C. The van der Waals surface area contributed by atoms with Gasteiger partial charge in [0.25, 0.3) is 0 Å². The van der Waals surface area contributed by atoms with Gasteiger partial charge in [0.1, 0.15) is 0 Å². The highest BCUT2D eigenvalue weighted by atomic mass is 16.3. The zero-order chi connectivity index (χ0) is 12.6. The molecule has 3 aliphatic rings. The Kier molecular flexibility index (Phi) is 2.30. The summed E-state index contributed by atoms with van der Waals surface area (Å²) < 4.78 is 0. The Labute approximate surface area is 104 Å². The predicted molar refractivity (Wildman–Crippen MR) is 67.4 cm³/mol. The van der Waals surface area contributed by atoms with Crippen LogP contribution in [0.2, 0.25) is 0 Å². The molecule has 0 aromatic rings. The molecule has 98 valence electrons. The molecule has 0 unspecified atom stereocenters. The molecule has 0 amide bonds. The first-order valence-corrected chi connectivity index (χ1v) is 7.18. The van der Waals surface area contributed by atoms with Gasteiger partial charge in [0.2, 0.25) is 0 Å². The van der Waals surface area contributed by atoms with Gasteiger partial charge in [-0.05, 0) is 54.8 Å². The van der Waals surface area contributed by atoms with Gasteiger partial charge in [-0.3, -0.25) is 0 Å². The van der Waals surface area contributed by atoms with E-state index in [1.54, 1.807) is 0 Å². The van der Waals surface area contributed by atoms with Crippen LogP contribution in [0.1, 0.15) is 47.0 Å². The summed E-state index contributed by atoms with van der Waals surface area (Å²) in [4.78, 5) is 0. The van der Waals surface area contributed by atoms with Gasteiger partial charge in [0.15, 0.2) is 0 Å². The largest absolute Gasteiger partial charge is 0.390 e. The highest BCUT2D eigenvalue weighted by Crippen LogP contribution is 2.71. The summed E-state index contributed by atoms with van der Waals surface area (Å²) in [5, 5.41) is 21.0. The van der Waals surface area contributed by atoms with Gasteiger partial charge in [-0.25, -0.2) is 0 Å². The van der Waals surface area contributed by atoms with Crippen molar-refractivity contribution < 1.29 is 10.2 Å². The minimum atomic E-state index is -0.862. The van der Waals surface area contributed by atoms with Gasteiger partial charge in [-0.2, -0.15) is 0 Å². The third-order valence-corrected chi connectivity index (χ3v) is 6.51. The zero-order valence-electron chi connectivity index (χ0n) is 11.5. The number of aliphatic hydroxyl groups excluding tert-OH is 1. The second-order valence-electron chi connectivity index (χ2n) is 7.67. The molecular formula is C15H26O2. The molecule has 3 fully saturated rings. The molecule has 0 bridgehead atoms. The summed E-state index contributed by atoms with van der Waals surface area (Å²) in [6.07, 6.45) is 2.58. The van der Waals surface area contributed by atoms with Crippen LogP contribution in [0.5, 0.6) is 0 Å². The van der Waals surface area contributed by atoms with Crippen LogP contribution in [0, 0.1) is 35.0 Å². The van der Waals surface area contributed by atoms with E-state index >= 15 is 0 Å².